The smallest absolute Gasteiger partial charge is 0.418 e. The van der Waals surface area contributed by atoms with Crippen molar-refractivity contribution in [2.45, 2.75) is 12.6 Å². The van der Waals surface area contributed by atoms with Crippen LogP contribution in [0.25, 0.3) is 0 Å². The highest BCUT2D eigenvalue weighted by Crippen LogP contribution is 2.49. The molecule has 2 aliphatic rings. The van der Waals surface area contributed by atoms with Crippen molar-refractivity contribution in [2.75, 3.05) is 13.6 Å². The number of quaternary nitrogens is 1. The van der Waals surface area contributed by atoms with Gasteiger partial charge in [-0.3, -0.25) is 0 Å². The molecule has 0 bridgehead atoms. The summed E-state index contributed by atoms with van der Waals surface area (Å²) in [6.07, 6.45) is 1.50. The van der Waals surface area contributed by atoms with Gasteiger partial charge in [-0.25, -0.2) is 0 Å². The number of hydrogen-bond acceptors (Lipinski definition) is 1. The van der Waals surface area contributed by atoms with Gasteiger partial charge in [0.25, 0.3) is 6.23 Å². The summed E-state index contributed by atoms with van der Waals surface area (Å²) in [6, 6.07) is 8.59. The summed E-state index contributed by atoms with van der Waals surface area (Å²) in [4.78, 5) is 5.63. The fourth-order valence-corrected chi connectivity index (χ4v) is 2.07. The molecule has 2 nitrogen and oxygen atoms in total. The molecule has 94 valence electrons. The van der Waals surface area contributed by atoms with E-state index in [1.54, 1.807) is 0 Å². The van der Waals surface area contributed by atoms with Gasteiger partial charge in [0.15, 0.2) is 0 Å². The summed E-state index contributed by atoms with van der Waals surface area (Å²) < 4.78 is 39.8. The van der Waals surface area contributed by atoms with Crippen molar-refractivity contribution in [3.8, 4) is 0 Å². The van der Waals surface area contributed by atoms with Crippen LogP contribution in [0.4, 0.5) is 17.3 Å². The molecule has 1 aromatic carbocycles. The third kappa shape index (κ3) is 2.98. The van der Waals surface area contributed by atoms with Crippen molar-refractivity contribution in [3.05, 3.63) is 35.4 Å². The summed E-state index contributed by atoms with van der Waals surface area (Å²) in [5.41, 5.74) is 2.86. The minimum Gasteiger partial charge on any atom is -0.418 e. The summed E-state index contributed by atoms with van der Waals surface area (Å²) in [5, 5.41) is 0. The van der Waals surface area contributed by atoms with E-state index in [4.69, 9.17) is 4.84 Å². The zero-order valence-corrected chi connectivity index (χ0v) is 9.25. The molecule has 7 heteroatoms. The van der Waals surface area contributed by atoms with Gasteiger partial charge < -0.3 is 17.3 Å². The van der Waals surface area contributed by atoms with Crippen molar-refractivity contribution in [1.29, 1.82) is 0 Å². The second kappa shape index (κ2) is 3.99. The predicted octanol–water partition coefficient (Wildman–Crippen LogP) is 2.93. The fourth-order valence-electron chi connectivity index (χ4n) is 2.07. The summed E-state index contributed by atoms with van der Waals surface area (Å²) in [7, 11) is -3.85. The lowest BCUT2D eigenvalue weighted by Gasteiger charge is -2.14. The first-order valence-corrected chi connectivity index (χ1v) is 5.28. The first-order chi connectivity index (χ1) is 7.80. The SMILES string of the molecule is C[N+]12CCc3ccccc3C1O2.F[B-](F)(F)F. The Kier molecular flexibility index (Phi) is 2.91. The second-order valence-corrected chi connectivity index (χ2v) is 4.30. The van der Waals surface area contributed by atoms with Gasteiger partial charge in [0.05, 0.1) is 0 Å². The molecule has 2 unspecified atom stereocenters. The molecule has 17 heavy (non-hydrogen) atoms. The van der Waals surface area contributed by atoms with Gasteiger partial charge >= 0.3 is 7.25 Å². The lowest BCUT2D eigenvalue weighted by molar-refractivity contribution is -0.906. The lowest BCUT2D eigenvalue weighted by Crippen LogP contribution is -2.27. The Hall–Kier alpha value is -1.08. The third-order valence-corrected chi connectivity index (χ3v) is 2.94. The summed E-state index contributed by atoms with van der Waals surface area (Å²) >= 11 is 0. The monoisotopic (exact) mass is 249 g/mol. The van der Waals surface area contributed by atoms with Crippen molar-refractivity contribution in [2.24, 2.45) is 0 Å². The zero-order chi connectivity index (χ0) is 12.7. The number of rotatable bonds is 0. The molecule has 0 aliphatic carbocycles. The number of halogens is 4. The Morgan fingerprint density at radius 1 is 1.24 bits per heavy atom. The average Bonchev–Trinajstić information content (AvgIpc) is 2.88. The van der Waals surface area contributed by atoms with Gasteiger partial charge in [-0.05, 0) is 11.6 Å². The number of hydrogen-bond donors (Lipinski definition) is 0. The van der Waals surface area contributed by atoms with Crippen molar-refractivity contribution >= 4 is 7.25 Å². The van der Waals surface area contributed by atoms with Gasteiger partial charge in [0.1, 0.15) is 13.6 Å². The number of nitrogens with zero attached hydrogens (tertiary/aromatic N) is 1. The maximum Gasteiger partial charge on any atom is 0.673 e. The Morgan fingerprint density at radius 3 is 2.47 bits per heavy atom. The Balaban J connectivity index is 0.000000188. The number of likely N-dealkylation sites (N-methyl/N-ethyl adjacent to an activating group) is 1. The van der Waals surface area contributed by atoms with Gasteiger partial charge in [-0.1, -0.05) is 18.2 Å². The van der Waals surface area contributed by atoms with E-state index in [1.807, 2.05) is 0 Å². The minimum absolute atomic E-state index is 0.343. The molecule has 0 amide bonds. The first-order valence-electron chi connectivity index (χ1n) is 5.28. The van der Waals surface area contributed by atoms with Gasteiger partial charge in [-0.2, -0.15) is 0 Å². The Bertz CT molecular complexity index is 419. The molecule has 2 heterocycles. The van der Waals surface area contributed by atoms with Crippen LogP contribution in [0.2, 0.25) is 0 Å². The maximum atomic E-state index is 9.75. The third-order valence-electron chi connectivity index (χ3n) is 2.94. The summed E-state index contributed by atoms with van der Waals surface area (Å²) in [6.45, 7) is 1.13. The van der Waals surface area contributed by atoms with Crippen molar-refractivity contribution < 1.29 is 26.7 Å². The second-order valence-electron chi connectivity index (χ2n) is 4.30. The Labute approximate surface area is 96.4 Å². The zero-order valence-electron chi connectivity index (χ0n) is 9.25. The highest BCUT2D eigenvalue weighted by Gasteiger charge is 2.59. The molecule has 0 spiro atoms. The quantitative estimate of drug-likeness (QED) is 0.298. The predicted molar refractivity (Wildman–Crippen MR) is 55.2 cm³/mol. The Morgan fingerprint density at radius 2 is 1.82 bits per heavy atom. The van der Waals surface area contributed by atoms with Gasteiger partial charge in [0, 0.05) is 12.0 Å². The van der Waals surface area contributed by atoms with E-state index in [0.29, 0.717) is 6.23 Å². The van der Waals surface area contributed by atoms with Crippen LogP contribution in [0.5, 0.6) is 0 Å². The molecular weight excluding hydrogens is 237 g/mol. The first kappa shape index (κ1) is 12.4. The highest BCUT2D eigenvalue weighted by molar-refractivity contribution is 6.50. The molecule has 1 saturated heterocycles. The van der Waals surface area contributed by atoms with E-state index in [0.717, 1.165) is 17.6 Å². The molecule has 3 rings (SSSR count). The molecule has 0 N–H and O–H groups in total. The molecule has 1 aromatic rings. The van der Waals surface area contributed by atoms with Crippen LogP contribution in [0, 0.1) is 0 Å². The molecule has 0 radical (unpaired) electrons. The van der Waals surface area contributed by atoms with E-state index in [1.165, 1.54) is 11.1 Å². The van der Waals surface area contributed by atoms with Crippen molar-refractivity contribution in [1.82, 2.24) is 0 Å². The number of fused-ring (bicyclic) bond motifs is 3. The average molecular weight is 249 g/mol. The molecule has 0 saturated carbocycles. The van der Waals surface area contributed by atoms with Crippen LogP contribution >= 0.6 is 0 Å². The normalized spacial score (nSPS) is 29.6. The van der Waals surface area contributed by atoms with E-state index in [-0.39, 0.29) is 0 Å². The topological polar surface area (TPSA) is 12.5 Å². The number of hydroxylamine groups is 3. The van der Waals surface area contributed by atoms with E-state index < -0.39 is 7.25 Å². The van der Waals surface area contributed by atoms with Crippen LogP contribution in [-0.2, 0) is 11.3 Å². The minimum atomic E-state index is -6.00. The van der Waals surface area contributed by atoms with Gasteiger partial charge in [0.2, 0.25) is 0 Å². The summed E-state index contributed by atoms with van der Waals surface area (Å²) in [5.74, 6) is 0. The maximum absolute atomic E-state index is 9.75. The largest absolute Gasteiger partial charge is 0.673 e. The molecule has 1 fully saturated rings. The van der Waals surface area contributed by atoms with Crippen LogP contribution in [0.3, 0.4) is 0 Å². The molecule has 0 aromatic heterocycles. The van der Waals surface area contributed by atoms with Crippen LogP contribution < -0.4 is 0 Å². The lowest BCUT2D eigenvalue weighted by atomic mass is 10.0. The fraction of sp³-hybridized carbons (Fsp3) is 0.400. The molecular formula is C10H12BF4NO. The van der Waals surface area contributed by atoms with Crippen LogP contribution in [-0.4, -0.2) is 25.5 Å². The van der Waals surface area contributed by atoms with Crippen LogP contribution in [0.15, 0.2) is 24.3 Å². The highest BCUT2D eigenvalue weighted by atomic mass is 19.5. The van der Waals surface area contributed by atoms with Crippen molar-refractivity contribution in [3.63, 3.8) is 0 Å². The van der Waals surface area contributed by atoms with E-state index in [2.05, 4.69) is 31.3 Å². The van der Waals surface area contributed by atoms with E-state index >= 15 is 0 Å². The number of benzene rings is 1. The standard InChI is InChI=1S/C10H12NO.BF4/c1-11-7-6-8-4-2-3-5-9(8)10(11)12-11;2-1(3,4)5/h2-5,10H,6-7H2,1H3;/q+1;-1. The molecule has 2 aliphatic heterocycles. The van der Waals surface area contributed by atoms with Crippen LogP contribution in [0.1, 0.15) is 17.4 Å². The molecule has 2 atom stereocenters. The van der Waals surface area contributed by atoms with E-state index in [9.17, 15) is 17.3 Å². The van der Waals surface area contributed by atoms with Gasteiger partial charge in [-0.15, -0.1) is 9.48 Å².